The zero-order valence-electron chi connectivity index (χ0n) is 26.2. The highest BCUT2D eigenvalue weighted by molar-refractivity contribution is 5.86. The summed E-state index contributed by atoms with van der Waals surface area (Å²) in [6.45, 7) is 6.79. The van der Waals surface area contributed by atoms with Crippen LogP contribution < -0.4 is 21.3 Å². The van der Waals surface area contributed by atoms with Gasteiger partial charge in [-0.1, -0.05) is 20.8 Å². The van der Waals surface area contributed by atoms with Crippen LogP contribution in [0.2, 0.25) is 0 Å². The van der Waals surface area contributed by atoms with Crippen molar-refractivity contribution >= 4 is 41.4 Å². The molecule has 2 atom stereocenters. The van der Waals surface area contributed by atoms with E-state index in [-0.39, 0.29) is 109 Å². The molecule has 0 aromatic heterocycles. The molecule has 2 unspecified atom stereocenters. The fourth-order valence-electron chi connectivity index (χ4n) is 3.24. The lowest BCUT2D eigenvalue weighted by atomic mass is 10.1. The molecule has 0 bridgehead atoms. The van der Waals surface area contributed by atoms with Crippen LogP contribution in [0.4, 0.5) is 0 Å². The topological polar surface area (TPSA) is 245 Å². The molecule has 0 saturated heterocycles. The Morgan fingerprint density at radius 2 is 1.02 bits per heavy atom. The number of ketones is 1. The molecule has 0 aliphatic rings. The van der Waals surface area contributed by atoms with E-state index < -0.39 is 41.7 Å². The summed E-state index contributed by atoms with van der Waals surface area (Å²) in [6, 6.07) is -2.64. The van der Waals surface area contributed by atoms with E-state index in [9.17, 15) is 38.7 Å². The summed E-state index contributed by atoms with van der Waals surface area (Å²) in [5, 5.41) is 28.2. The van der Waals surface area contributed by atoms with E-state index in [0.717, 1.165) is 0 Å². The third kappa shape index (κ3) is 23.4. The molecule has 0 aromatic carbocycles. The van der Waals surface area contributed by atoms with Gasteiger partial charge in [-0.15, -0.1) is 0 Å². The van der Waals surface area contributed by atoms with Crippen LogP contribution in [0.5, 0.6) is 0 Å². The molecule has 0 aliphatic heterocycles. The molecule has 6 N–H and O–H groups in total. The summed E-state index contributed by atoms with van der Waals surface area (Å²) in [5.41, 5.74) is 0. The monoisotopic (exact) mass is 648 g/mol. The maximum atomic E-state index is 12.1. The van der Waals surface area contributed by atoms with Gasteiger partial charge in [-0.25, -0.2) is 9.59 Å². The first-order chi connectivity index (χ1) is 21.4. The van der Waals surface area contributed by atoms with Gasteiger partial charge in [-0.2, -0.15) is 0 Å². The van der Waals surface area contributed by atoms with Crippen LogP contribution in [0.1, 0.15) is 52.9 Å². The summed E-state index contributed by atoms with van der Waals surface area (Å²) < 4.78 is 21.0. The van der Waals surface area contributed by atoms with Gasteiger partial charge in [0, 0.05) is 38.3 Å². The van der Waals surface area contributed by atoms with Crippen LogP contribution in [0, 0.1) is 5.92 Å². The highest BCUT2D eigenvalue weighted by Gasteiger charge is 2.24. The Labute approximate surface area is 262 Å². The van der Waals surface area contributed by atoms with Gasteiger partial charge in [0.25, 0.3) is 0 Å². The Morgan fingerprint density at radius 1 is 0.578 bits per heavy atom. The standard InChI is InChI=1S/C28H48N4O13/c1-4-23(34)31-20(27(38)39)6-8-25(36)32-21(28(40)41)5-7-24(35)29-9-11-42-14-16-45-18-26(37)30-10-12-43-13-15-44-17-22(33)19(2)3/h19-21H,4-18H2,1-3H3,(H,29,35)(H,30,37)(H,31,34)(H,32,36)(H,38,39)(H,40,41). The molecule has 0 aromatic rings. The molecular weight excluding hydrogens is 600 g/mol. The number of rotatable bonds is 28. The lowest BCUT2D eigenvalue weighted by Crippen LogP contribution is -2.44. The van der Waals surface area contributed by atoms with Crippen molar-refractivity contribution in [1.29, 1.82) is 0 Å². The van der Waals surface area contributed by atoms with Crippen molar-refractivity contribution in [2.45, 2.75) is 65.0 Å². The average molecular weight is 649 g/mol. The van der Waals surface area contributed by atoms with E-state index in [1.165, 1.54) is 0 Å². The van der Waals surface area contributed by atoms with Gasteiger partial charge in [0.1, 0.15) is 25.3 Å². The Balaban J connectivity index is 3.90. The summed E-state index contributed by atoms with van der Waals surface area (Å²) in [4.78, 5) is 81.4. The smallest absolute Gasteiger partial charge is 0.326 e. The van der Waals surface area contributed by atoms with E-state index in [1.807, 2.05) is 0 Å². The lowest BCUT2D eigenvalue weighted by molar-refractivity contribution is -0.143. The third-order valence-corrected chi connectivity index (χ3v) is 5.91. The Morgan fingerprint density at radius 3 is 1.51 bits per heavy atom. The number of ether oxygens (including phenoxy) is 4. The molecule has 0 spiro atoms. The van der Waals surface area contributed by atoms with Crippen molar-refractivity contribution in [3.8, 4) is 0 Å². The third-order valence-electron chi connectivity index (χ3n) is 5.91. The highest BCUT2D eigenvalue weighted by atomic mass is 16.5. The molecule has 45 heavy (non-hydrogen) atoms. The van der Waals surface area contributed by atoms with Gasteiger partial charge in [0.05, 0.1) is 39.6 Å². The first-order valence-corrected chi connectivity index (χ1v) is 14.8. The van der Waals surface area contributed by atoms with Crippen LogP contribution >= 0.6 is 0 Å². The van der Waals surface area contributed by atoms with Gasteiger partial charge in [0.2, 0.25) is 23.6 Å². The van der Waals surface area contributed by atoms with Crippen LogP contribution in [0.3, 0.4) is 0 Å². The number of amides is 4. The lowest BCUT2D eigenvalue weighted by Gasteiger charge is -2.16. The van der Waals surface area contributed by atoms with E-state index in [1.54, 1.807) is 20.8 Å². The number of Topliss-reactive ketones (excluding diaryl/α,β-unsaturated/α-hetero) is 1. The number of aliphatic carboxylic acids is 2. The second-order valence-corrected chi connectivity index (χ2v) is 10.00. The number of carbonyl (C=O) groups excluding carboxylic acids is 5. The molecule has 0 radical (unpaired) electrons. The number of carboxylic acid groups (broad SMARTS) is 2. The number of nitrogens with one attached hydrogen (secondary N) is 4. The van der Waals surface area contributed by atoms with E-state index in [2.05, 4.69) is 21.3 Å². The average Bonchev–Trinajstić information content (AvgIpc) is 2.99. The van der Waals surface area contributed by atoms with E-state index >= 15 is 0 Å². The largest absolute Gasteiger partial charge is 0.480 e. The zero-order chi connectivity index (χ0) is 34.0. The molecule has 0 rings (SSSR count). The minimum absolute atomic E-state index is 0.0229. The summed E-state index contributed by atoms with van der Waals surface area (Å²) in [7, 11) is 0. The fraction of sp³-hybridized carbons (Fsp3) is 0.750. The summed E-state index contributed by atoms with van der Waals surface area (Å²) in [6.07, 6.45) is -0.883. The SMILES string of the molecule is CCC(=O)NC(CCC(=O)NC(CCC(=O)NCCOCCOCC(=O)NCCOCCOCC(=O)C(C)C)C(=O)O)C(=O)O. The minimum atomic E-state index is -1.36. The van der Waals surface area contributed by atoms with Gasteiger partial charge in [-0.05, 0) is 12.8 Å². The van der Waals surface area contributed by atoms with Gasteiger partial charge >= 0.3 is 11.9 Å². The molecule has 0 fully saturated rings. The second kappa shape index (κ2) is 25.6. The minimum Gasteiger partial charge on any atom is -0.480 e. The van der Waals surface area contributed by atoms with Gasteiger partial charge < -0.3 is 50.4 Å². The molecule has 17 nitrogen and oxygen atoms in total. The molecule has 0 saturated carbocycles. The quantitative estimate of drug-likeness (QED) is 0.0536. The normalized spacial score (nSPS) is 12.2. The van der Waals surface area contributed by atoms with E-state index in [0.29, 0.717) is 6.61 Å². The number of carboxylic acids is 2. The maximum absolute atomic E-state index is 12.1. The van der Waals surface area contributed by atoms with Crippen molar-refractivity contribution in [3.63, 3.8) is 0 Å². The Kier molecular flexibility index (Phi) is 23.5. The fourth-order valence-corrected chi connectivity index (χ4v) is 3.24. The van der Waals surface area contributed by atoms with Crippen LogP contribution in [0.15, 0.2) is 0 Å². The van der Waals surface area contributed by atoms with Gasteiger partial charge in [-0.3, -0.25) is 24.0 Å². The van der Waals surface area contributed by atoms with Crippen LogP contribution in [-0.2, 0) is 52.5 Å². The Hall–Kier alpha value is -3.67. The predicted molar refractivity (Wildman–Crippen MR) is 157 cm³/mol. The van der Waals surface area contributed by atoms with Crippen molar-refractivity contribution in [3.05, 3.63) is 0 Å². The predicted octanol–water partition coefficient (Wildman–Crippen LogP) is -1.38. The number of carbonyl (C=O) groups is 7. The van der Waals surface area contributed by atoms with Gasteiger partial charge in [0.15, 0.2) is 5.78 Å². The Bertz CT molecular complexity index is 945. The van der Waals surface area contributed by atoms with Crippen LogP contribution in [-0.4, -0.2) is 130 Å². The molecular formula is C28H48N4O13. The van der Waals surface area contributed by atoms with Crippen molar-refractivity contribution in [1.82, 2.24) is 21.3 Å². The highest BCUT2D eigenvalue weighted by Crippen LogP contribution is 2.03. The summed E-state index contributed by atoms with van der Waals surface area (Å²) in [5.74, 6) is -4.73. The first-order valence-electron chi connectivity index (χ1n) is 14.8. The van der Waals surface area contributed by atoms with Crippen molar-refractivity contribution < 1.29 is 62.7 Å². The van der Waals surface area contributed by atoms with Crippen molar-refractivity contribution in [2.24, 2.45) is 5.92 Å². The first kappa shape index (κ1) is 41.3. The summed E-state index contributed by atoms with van der Waals surface area (Å²) >= 11 is 0. The maximum Gasteiger partial charge on any atom is 0.326 e. The van der Waals surface area contributed by atoms with Crippen LogP contribution in [0.25, 0.3) is 0 Å². The molecule has 0 aliphatic carbocycles. The molecule has 4 amide bonds. The molecule has 258 valence electrons. The zero-order valence-corrected chi connectivity index (χ0v) is 26.2. The van der Waals surface area contributed by atoms with Crippen molar-refractivity contribution in [2.75, 3.05) is 65.9 Å². The number of hydrogen-bond acceptors (Lipinski definition) is 11. The number of hydrogen-bond donors (Lipinski definition) is 6. The second-order valence-electron chi connectivity index (χ2n) is 10.00. The molecule has 17 heteroatoms. The molecule has 0 heterocycles. The van der Waals surface area contributed by atoms with E-state index in [4.69, 9.17) is 24.1 Å².